The molecule has 1 N–H and O–H groups in total. The highest BCUT2D eigenvalue weighted by Gasteiger charge is 2.08. The van der Waals surface area contributed by atoms with Crippen molar-refractivity contribution in [2.45, 2.75) is 6.92 Å². The molecule has 0 saturated carbocycles. The zero-order valence-corrected chi connectivity index (χ0v) is 11.9. The average molecular weight is 326 g/mol. The Kier molecular flexibility index (Phi) is 3.99. The summed E-state index contributed by atoms with van der Waals surface area (Å²) in [5.41, 5.74) is 2.12. The number of carbonyl (C=O) groups excluding carboxylic acids is 1. The lowest BCUT2D eigenvalue weighted by molar-refractivity contribution is 0.102. The Bertz CT molecular complexity index is 564. The van der Waals surface area contributed by atoms with Gasteiger partial charge >= 0.3 is 0 Å². The van der Waals surface area contributed by atoms with Gasteiger partial charge in [0.25, 0.3) is 5.91 Å². The lowest BCUT2D eigenvalue weighted by Gasteiger charge is -2.06. The van der Waals surface area contributed by atoms with E-state index in [4.69, 9.17) is 11.6 Å². The monoisotopic (exact) mass is 324 g/mol. The molecule has 3 nitrogen and oxygen atoms in total. The SMILES string of the molecule is Cc1cc(Br)cc(NC(=O)c2ccc(Cl)cn2)c1. The van der Waals surface area contributed by atoms with Crippen LogP contribution in [-0.2, 0) is 0 Å². The Morgan fingerprint density at radius 1 is 1.33 bits per heavy atom. The van der Waals surface area contributed by atoms with Crippen LogP contribution in [0.3, 0.4) is 0 Å². The molecule has 0 aliphatic rings. The number of nitrogens with zero attached hydrogens (tertiary/aromatic N) is 1. The minimum Gasteiger partial charge on any atom is -0.321 e. The van der Waals surface area contributed by atoms with Gasteiger partial charge in [-0.3, -0.25) is 4.79 Å². The van der Waals surface area contributed by atoms with Gasteiger partial charge in [-0.15, -0.1) is 0 Å². The predicted molar refractivity (Wildman–Crippen MR) is 76.1 cm³/mol. The summed E-state index contributed by atoms with van der Waals surface area (Å²) in [6.07, 6.45) is 1.45. The van der Waals surface area contributed by atoms with Crippen molar-refractivity contribution in [2.24, 2.45) is 0 Å². The van der Waals surface area contributed by atoms with Crippen LogP contribution in [0.1, 0.15) is 16.1 Å². The van der Waals surface area contributed by atoms with Crippen molar-refractivity contribution in [3.05, 3.63) is 57.3 Å². The number of halogens is 2. The number of aryl methyl sites for hydroxylation is 1. The van der Waals surface area contributed by atoms with Crippen molar-refractivity contribution < 1.29 is 4.79 Å². The number of rotatable bonds is 2. The number of benzene rings is 1. The van der Waals surface area contributed by atoms with Crippen LogP contribution in [0.4, 0.5) is 5.69 Å². The number of amides is 1. The van der Waals surface area contributed by atoms with Crippen LogP contribution in [0.2, 0.25) is 5.02 Å². The zero-order chi connectivity index (χ0) is 13.1. The molecule has 5 heteroatoms. The number of hydrogen-bond donors (Lipinski definition) is 1. The highest BCUT2D eigenvalue weighted by molar-refractivity contribution is 9.10. The van der Waals surface area contributed by atoms with Crippen LogP contribution in [0.25, 0.3) is 0 Å². The fraction of sp³-hybridized carbons (Fsp3) is 0.0769. The van der Waals surface area contributed by atoms with Gasteiger partial charge in [-0.05, 0) is 42.8 Å². The van der Waals surface area contributed by atoms with Crippen LogP contribution in [0.5, 0.6) is 0 Å². The van der Waals surface area contributed by atoms with Gasteiger partial charge in [-0.25, -0.2) is 4.98 Å². The summed E-state index contributed by atoms with van der Waals surface area (Å²) >= 11 is 9.10. The molecule has 0 fully saturated rings. The van der Waals surface area contributed by atoms with E-state index in [2.05, 4.69) is 26.2 Å². The number of aromatic nitrogens is 1. The molecule has 0 radical (unpaired) electrons. The van der Waals surface area contributed by atoms with Crippen LogP contribution in [0.15, 0.2) is 41.0 Å². The quantitative estimate of drug-likeness (QED) is 0.905. The number of pyridine rings is 1. The Morgan fingerprint density at radius 3 is 2.72 bits per heavy atom. The molecule has 1 amide bonds. The highest BCUT2D eigenvalue weighted by atomic mass is 79.9. The molecule has 0 aliphatic heterocycles. The lowest BCUT2D eigenvalue weighted by Crippen LogP contribution is -2.13. The Hall–Kier alpha value is -1.39. The molecule has 2 rings (SSSR count). The second-order valence-electron chi connectivity index (χ2n) is 3.83. The number of hydrogen-bond acceptors (Lipinski definition) is 2. The molecule has 0 saturated heterocycles. The minimum atomic E-state index is -0.260. The molecule has 2 aromatic rings. The standard InChI is InChI=1S/C13H10BrClN2O/c1-8-4-9(14)6-11(5-8)17-13(18)12-3-2-10(15)7-16-12/h2-7H,1H3,(H,17,18). The van der Waals surface area contributed by atoms with Crippen molar-refractivity contribution >= 4 is 39.1 Å². The molecule has 0 spiro atoms. The van der Waals surface area contributed by atoms with Crippen molar-refractivity contribution in [1.82, 2.24) is 4.98 Å². The van der Waals surface area contributed by atoms with Crippen molar-refractivity contribution in [3.63, 3.8) is 0 Å². The predicted octanol–water partition coefficient (Wildman–Crippen LogP) is 4.06. The third-order valence-corrected chi connectivity index (χ3v) is 2.94. The first kappa shape index (κ1) is 13.1. The maximum Gasteiger partial charge on any atom is 0.274 e. The second kappa shape index (κ2) is 5.50. The van der Waals surface area contributed by atoms with Crippen LogP contribution in [0, 0.1) is 6.92 Å². The molecule has 1 aromatic heterocycles. The molecule has 92 valence electrons. The van der Waals surface area contributed by atoms with E-state index in [1.165, 1.54) is 6.20 Å². The molecule has 18 heavy (non-hydrogen) atoms. The van der Waals surface area contributed by atoms with Crippen molar-refractivity contribution in [3.8, 4) is 0 Å². The van der Waals surface area contributed by atoms with Gasteiger partial charge in [0.15, 0.2) is 0 Å². The number of anilines is 1. The van der Waals surface area contributed by atoms with Crippen LogP contribution in [-0.4, -0.2) is 10.9 Å². The van der Waals surface area contributed by atoms with E-state index in [9.17, 15) is 4.79 Å². The van der Waals surface area contributed by atoms with Gasteiger partial charge in [0.05, 0.1) is 5.02 Å². The summed E-state index contributed by atoms with van der Waals surface area (Å²) in [5.74, 6) is -0.260. The fourth-order valence-corrected chi connectivity index (χ4v) is 2.23. The van der Waals surface area contributed by atoms with Gasteiger partial charge in [0.2, 0.25) is 0 Å². The molecular weight excluding hydrogens is 316 g/mol. The topological polar surface area (TPSA) is 42.0 Å². The summed E-state index contributed by atoms with van der Waals surface area (Å²) < 4.78 is 0.918. The van der Waals surface area contributed by atoms with E-state index in [0.717, 1.165) is 15.7 Å². The summed E-state index contributed by atoms with van der Waals surface area (Å²) in [5, 5.41) is 3.29. The summed E-state index contributed by atoms with van der Waals surface area (Å²) in [6.45, 7) is 1.96. The van der Waals surface area contributed by atoms with Gasteiger partial charge in [-0.2, -0.15) is 0 Å². The Balaban J connectivity index is 2.18. The largest absolute Gasteiger partial charge is 0.321 e. The first-order valence-electron chi connectivity index (χ1n) is 5.25. The first-order chi connectivity index (χ1) is 8.54. The molecule has 0 bridgehead atoms. The van der Waals surface area contributed by atoms with E-state index in [-0.39, 0.29) is 5.91 Å². The molecule has 1 heterocycles. The maximum atomic E-state index is 11.9. The van der Waals surface area contributed by atoms with Crippen LogP contribution >= 0.6 is 27.5 Å². The number of carbonyl (C=O) groups is 1. The minimum absolute atomic E-state index is 0.260. The van der Waals surface area contributed by atoms with E-state index in [1.54, 1.807) is 12.1 Å². The highest BCUT2D eigenvalue weighted by Crippen LogP contribution is 2.19. The molecule has 0 aliphatic carbocycles. The third-order valence-electron chi connectivity index (χ3n) is 2.26. The fourth-order valence-electron chi connectivity index (χ4n) is 1.51. The van der Waals surface area contributed by atoms with Crippen LogP contribution < -0.4 is 5.32 Å². The average Bonchev–Trinajstić information content (AvgIpc) is 2.28. The van der Waals surface area contributed by atoms with Gasteiger partial charge in [-0.1, -0.05) is 27.5 Å². The summed E-state index contributed by atoms with van der Waals surface area (Å²) in [4.78, 5) is 15.9. The van der Waals surface area contributed by atoms with Gasteiger partial charge in [0, 0.05) is 16.4 Å². The molecular formula is C13H10BrClN2O. The zero-order valence-electron chi connectivity index (χ0n) is 9.58. The summed E-state index contributed by atoms with van der Waals surface area (Å²) in [6, 6.07) is 8.91. The first-order valence-corrected chi connectivity index (χ1v) is 6.42. The smallest absolute Gasteiger partial charge is 0.274 e. The second-order valence-corrected chi connectivity index (χ2v) is 5.19. The van der Waals surface area contributed by atoms with Crippen molar-refractivity contribution in [2.75, 3.05) is 5.32 Å². The molecule has 0 atom stereocenters. The lowest BCUT2D eigenvalue weighted by atomic mass is 10.2. The van der Waals surface area contributed by atoms with E-state index >= 15 is 0 Å². The molecule has 1 aromatic carbocycles. The summed E-state index contributed by atoms with van der Waals surface area (Å²) in [7, 11) is 0. The molecule has 0 unspecified atom stereocenters. The van der Waals surface area contributed by atoms with E-state index < -0.39 is 0 Å². The third kappa shape index (κ3) is 3.31. The number of nitrogens with one attached hydrogen (secondary N) is 1. The van der Waals surface area contributed by atoms with E-state index in [0.29, 0.717) is 10.7 Å². The Morgan fingerprint density at radius 2 is 2.11 bits per heavy atom. The normalized spacial score (nSPS) is 10.2. The van der Waals surface area contributed by atoms with Gasteiger partial charge < -0.3 is 5.32 Å². The van der Waals surface area contributed by atoms with Gasteiger partial charge in [0.1, 0.15) is 5.69 Å². The Labute approximate surface area is 118 Å². The maximum absolute atomic E-state index is 11.9. The van der Waals surface area contributed by atoms with E-state index in [1.807, 2.05) is 25.1 Å². The van der Waals surface area contributed by atoms with Crippen molar-refractivity contribution in [1.29, 1.82) is 0 Å².